The Morgan fingerprint density at radius 2 is 1.42 bits per heavy atom. The molecule has 4 aromatic carbocycles. The number of hydrogen-bond donors (Lipinski definition) is 1. The Kier molecular flexibility index (Phi) is 5.55. The van der Waals surface area contributed by atoms with E-state index in [0.717, 1.165) is 29.8 Å². The zero-order valence-electron chi connectivity index (χ0n) is 18.3. The van der Waals surface area contributed by atoms with E-state index in [1.165, 1.54) is 18.2 Å². The van der Waals surface area contributed by atoms with Crippen molar-refractivity contribution in [3.63, 3.8) is 0 Å². The molecule has 0 radical (unpaired) electrons. The van der Waals surface area contributed by atoms with Gasteiger partial charge in [-0.25, -0.2) is 13.2 Å². The van der Waals surface area contributed by atoms with Crippen molar-refractivity contribution in [2.45, 2.75) is 18.3 Å². The van der Waals surface area contributed by atoms with E-state index in [1.54, 1.807) is 18.2 Å². The molecule has 0 unspecified atom stereocenters. The number of nitrogens with one attached hydrogen (secondary N) is 1. The average molecular weight is 444 g/mol. The highest BCUT2D eigenvalue weighted by Gasteiger charge is 2.41. The van der Waals surface area contributed by atoms with Crippen molar-refractivity contribution in [1.29, 1.82) is 0 Å². The third-order valence-electron chi connectivity index (χ3n) is 6.88. The molecular weight excluding hydrogens is 419 g/mol. The van der Waals surface area contributed by atoms with Gasteiger partial charge in [0, 0.05) is 30.0 Å². The van der Waals surface area contributed by atoms with Crippen LogP contribution in [0.5, 0.6) is 0 Å². The quantitative estimate of drug-likeness (QED) is 0.355. The van der Waals surface area contributed by atoms with Gasteiger partial charge in [-0.05, 0) is 46.5 Å². The molecule has 1 nitrogen and oxygen atoms in total. The second-order valence-electron chi connectivity index (χ2n) is 8.88. The van der Waals surface area contributed by atoms with Crippen LogP contribution in [0.25, 0.3) is 22.3 Å². The van der Waals surface area contributed by atoms with Gasteiger partial charge in [-0.3, -0.25) is 0 Å². The first-order chi connectivity index (χ1) is 16.0. The van der Waals surface area contributed by atoms with Gasteiger partial charge in [0.05, 0.1) is 5.56 Å². The zero-order valence-corrected chi connectivity index (χ0v) is 18.3. The van der Waals surface area contributed by atoms with Crippen LogP contribution in [-0.2, 0) is 5.41 Å². The monoisotopic (exact) mass is 443 g/mol. The predicted octanol–water partition coefficient (Wildman–Crippen LogP) is 7.08. The summed E-state index contributed by atoms with van der Waals surface area (Å²) >= 11 is 0. The van der Waals surface area contributed by atoms with E-state index in [9.17, 15) is 13.2 Å². The molecule has 1 aliphatic rings. The molecule has 1 saturated heterocycles. The fourth-order valence-electron chi connectivity index (χ4n) is 4.99. The molecule has 1 heterocycles. The van der Waals surface area contributed by atoms with E-state index in [0.29, 0.717) is 11.1 Å². The highest BCUT2D eigenvalue weighted by Crippen LogP contribution is 2.43. The molecule has 1 N–H and O–H groups in total. The van der Waals surface area contributed by atoms with E-state index in [1.807, 2.05) is 54.6 Å². The van der Waals surface area contributed by atoms with Crippen LogP contribution in [0, 0.1) is 17.5 Å². The molecular formula is C29H24F3N. The number of rotatable bonds is 4. The SMILES string of the molecule is C[C@]1(c2ccc(F)c(-c3ccccc3)c2)CNC[C@H]1c1ccc(-c2c(F)cccc2F)cc1. The first-order valence-electron chi connectivity index (χ1n) is 11.1. The van der Waals surface area contributed by atoms with Crippen LogP contribution in [0.15, 0.2) is 91.0 Å². The van der Waals surface area contributed by atoms with Crippen LogP contribution in [0.3, 0.4) is 0 Å². The normalized spacial score (nSPS) is 20.2. The van der Waals surface area contributed by atoms with Crippen molar-refractivity contribution in [1.82, 2.24) is 5.32 Å². The zero-order chi connectivity index (χ0) is 23.0. The van der Waals surface area contributed by atoms with E-state index < -0.39 is 11.6 Å². The van der Waals surface area contributed by atoms with Crippen LogP contribution in [0.4, 0.5) is 13.2 Å². The lowest BCUT2D eigenvalue weighted by Gasteiger charge is -2.32. The molecule has 33 heavy (non-hydrogen) atoms. The molecule has 0 spiro atoms. The van der Waals surface area contributed by atoms with Crippen molar-refractivity contribution in [2.24, 2.45) is 0 Å². The Morgan fingerprint density at radius 1 is 0.727 bits per heavy atom. The molecule has 166 valence electrons. The second kappa shape index (κ2) is 8.53. The third kappa shape index (κ3) is 3.85. The second-order valence-corrected chi connectivity index (χ2v) is 8.88. The van der Waals surface area contributed by atoms with Gasteiger partial charge >= 0.3 is 0 Å². The highest BCUT2D eigenvalue weighted by atomic mass is 19.1. The van der Waals surface area contributed by atoms with Gasteiger partial charge in [-0.15, -0.1) is 0 Å². The smallest absolute Gasteiger partial charge is 0.133 e. The number of hydrogen-bond acceptors (Lipinski definition) is 1. The Balaban J connectivity index is 1.51. The Labute approximate surface area is 191 Å². The molecule has 0 aliphatic carbocycles. The van der Waals surface area contributed by atoms with E-state index >= 15 is 0 Å². The van der Waals surface area contributed by atoms with Crippen LogP contribution >= 0.6 is 0 Å². The van der Waals surface area contributed by atoms with E-state index in [4.69, 9.17) is 0 Å². The predicted molar refractivity (Wildman–Crippen MR) is 127 cm³/mol. The molecule has 4 aromatic rings. The summed E-state index contributed by atoms with van der Waals surface area (Å²) in [6, 6.07) is 26.2. The summed E-state index contributed by atoms with van der Waals surface area (Å²) in [6.45, 7) is 3.70. The highest BCUT2D eigenvalue weighted by molar-refractivity contribution is 5.67. The van der Waals surface area contributed by atoms with Gasteiger partial charge in [-0.1, -0.05) is 73.7 Å². The topological polar surface area (TPSA) is 12.0 Å². The maximum atomic E-state index is 14.7. The first-order valence-corrected chi connectivity index (χ1v) is 11.1. The lowest BCUT2D eigenvalue weighted by atomic mass is 9.70. The maximum Gasteiger partial charge on any atom is 0.133 e. The van der Waals surface area contributed by atoms with Crippen molar-refractivity contribution in [2.75, 3.05) is 13.1 Å². The van der Waals surface area contributed by atoms with Crippen LogP contribution in [-0.4, -0.2) is 13.1 Å². The van der Waals surface area contributed by atoms with Gasteiger partial charge < -0.3 is 5.32 Å². The molecule has 5 rings (SSSR count). The molecule has 0 amide bonds. The molecule has 0 bridgehead atoms. The summed E-state index contributed by atoms with van der Waals surface area (Å²) in [4.78, 5) is 0. The van der Waals surface area contributed by atoms with E-state index in [-0.39, 0.29) is 22.7 Å². The van der Waals surface area contributed by atoms with E-state index in [2.05, 4.69) is 12.2 Å². The maximum absolute atomic E-state index is 14.7. The van der Waals surface area contributed by atoms with Crippen molar-refractivity contribution in [3.05, 3.63) is 120 Å². The summed E-state index contributed by atoms with van der Waals surface area (Å²) in [5, 5.41) is 3.48. The molecule has 2 atom stereocenters. The molecule has 0 aromatic heterocycles. The molecule has 1 aliphatic heterocycles. The third-order valence-corrected chi connectivity index (χ3v) is 6.88. The minimum atomic E-state index is -0.574. The van der Waals surface area contributed by atoms with Gasteiger partial charge in [0.1, 0.15) is 17.5 Å². The minimum Gasteiger partial charge on any atom is -0.315 e. The fourth-order valence-corrected chi connectivity index (χ4v) is 4.99. The summed E-state index contributed by atoms with van der Waals surface area (Å²) in [5.41, 5.74) is 3.81. The number of benzene rings is 4. The Bertz CT molecular complexity index is 1260. The fraction of sp³-hybridized carbons (Fsp3) is 0.172. The van der Waals surface area contributed by atoms with Crippen molar-refractivity contribution in [3.8, 4) is 22.3 Å². The number of halogens is 3. The van der Waals surface area contributed by atoms with Gasteiger partial charge in [0.2, 0.25) is 0 Å². The van der Waals surface area contributed by atoms with Gasteiger partial charge in [0.15, 0.2) is 0 Å². The first kappa shape index (κ1) is 21.5. The average Bonchev–Trinajstić information content (AvgIpc) is 3.23. The lowest BCUT2D eigenvalue weighted by molar-refractivity contribution is 0.464. The summed E-state index contributed by atoms with van der Waals surface area (Å²) in [5.74, 6) is -1.26. The van der Waals surface area contributed by atoms with Crippen molar-refractivity contribution < 1.29 is 13.2 Å². The molecule has 0 saturated carbocycles. The standard InChI is InChI=1S/C29H24F3N/c1-29(22-14-15-25(30)23(16-22)19-6-3-2-4-7-19)18-33-17-24(29)20-10-12-21(13-11-20)28-26(31)8-5-9-27(28)32/h2-16,24,33H,17-18H2,1H3/t24-,29+/m0/s1. The van der Waals surface area contributed by atoms with Crippen molar-refractivity contribution >= 4 is 0 Å². The van der Waals surface area contributed by atoms with Crippen LogP contribution < -0.4 is 5.32 Å². The summed E-state index contributed by atoms with van der Waals surface area (Å²) < 4.78 is 43.1. The molecule has 4 heteroatoms. The lowest BCUT2D eigenvalue weighted by Crippen LogP contribution is -2.30. The van der Waals surface area contributed by atoms with Crippen LogP contribution in [0.1, 0.15) is 24.0 Å². The summed E-state index contributed by atoms with van der Waals surface area (Å²) in [6.07, 6.45) is 0. The Morgan fingerprint density at radius 3 is 2.12 bits per heavy atom. The summed E-state index contributed by atoms with van der Waals surface area (Å²) in [7, 11) is 0. The van der Waals surface area contributed by atoms with Gasteiger partial charge in [0.25, 0.3) is 0 Å². The Hall–Kier alpha value is -3.37. The molecule has 1 fully saturated rings. The minimum absolute atomic E-state index is 0.0117. The largest absolute Gasteiger partial charge is 0.315 e. The van der Waals surface area contributed by atoms with Gasteiger partial charge in [-0.2, -0.15) is 0 Å². The van der Waals surface area contributed by atoms with Crippen LogP contribution in [0.2, 0.25) is 0 Å².